The van der Waals surface area contributed by atoms with E-state index in [-0.39, 0.29) is 12.2 Å². The molecule has 1 atom stereocenters. The van der Waals surface area contributed by atoms with Crippen molar-refractivity contribution in [2.24, 2.45) is 0 Å². The molecular weight excluding hydrogens is 420 g/mol. The number of furan rings is 1. The lowest BCUT2D eigenvalue weighted by molar-refractivity contribution is -0.139. The summed E-state index contributed by atoms with van der Waals surface area (Å²) in [6.45, 7) is 2.30. The summed E-state index contributed by atoms with van der Waals surface area (Å²) in [7, 11) is 0. The minimum atomic E-state index is -1.04. The number of benzene rings is 3. The zero-order chi connectivity index (χ0) is 23.0. The van der Waals surface area contributed by atoms with E-state index in [1.807, 2.05) is 49.4 Å². The van der Waals surface area contributed by atoms with E-state index in [4.69, 9.17) is 23.7 Å². The van der Waals surface area contributed by atoms with Crippen LogP contribution >= 0.6 is 0 Å². The molecule has 0 amide bonds. The van der Waals surface area contributed by atoms with E-state index in [2.05, 4.69) is 24.3 Å². The van der Waals surface area contributed by atoms with Crippen molar-refractivity contribution < 1.29 is 28.5 Å². The number of hydrogen-bond donors (Lipinski definition) is 1. The van der Waals surface area contributed by atoms with Crippen LogP contribution in [0.1, 0.15) is 29.7 Å². The Morgan fingerprint density at radius 3 is 2.24 bits per heavy atom. The molecule has 1 heterocycles. The molecule has 0 spiro atoms. The molecule has 0 saturated carbocycles. The molecule has 33 heavy (non-hydrogen) atoms. The van der Waals surface area contributed by atoms with Crippen LogP contribution in [0.25, 0.3) is 11.0 Å². The van der Waals surface area contributed by atoms with Crippen molar-refractivity contribution in [1.82, 2.24) is 0 Å². The lowest BCUT2D eigenvalue weighted by Crippen LogP contribution is -2.20. The van der Waals surface area contributed by atoms with Crippen molar-refractivity contribution in [2.75, 3.05) is 13.2 Å². The summed E-state index contributed by atoms with van der Waals surface area (Å²) in [6.07, 6.45) is 1.28. The second kappa shape index (κ2) is 10.8. The van der Waals surface area contributed by atoms with Gasteiger partial charge < -0.3 is 23.7 Å². The quantitative estimate of drug-likeness (QED) is 0.323. The van der Waals surface area contributed by atoms with Gasteiger partial charge in [-0.25, -0.2) is 4.79 Å². The van der Waals surface area contributed by atoms with Gasteiger partial charge in [0.25, 0.3) is 0 Å². The predicted octanol–water partition coefficient (Wildman–Crippen LogP) is 5.61. The average Bonchev–Trinajstić information content (AvgIpc) is 3.26. The van der Waals surface area contributed by atoms with Gasteiger partial charge in [-0.3, -0.25) is 0 Å². The smallest absolute Gasteiger partial charge is 0.341 e. The summed E-state index contributed by atoms with van der Waals surface area (Å²) in [5.41, 5.74) is 3.55. The van der Waals surface area contributed by atoms with Gasteiger partial charge >= 0.3 is 5.97 Å². The lowest BCUT2D eigenvalue weighted by atomic mass is 10.0. The van der Waals surface area contributed by atoms with Crippen LogP contribution < -0.4 is 4.74 Å². The Bertz CT molecular complexity index is 1130. The van der Waals surface area contributed by atoms with Crippen LogP contribution in [0.4, 0.5) is 0 Å². The van der Waals surface area contributed by atoms with Gasteiger partial charge in [-0.05, 0) is 24.1 Å². The van der Waals surface area contributed by atoms with Gasteiger partial charge in [0.1, 0.15) is 6.10 Å². The number of aliphatic carboxylic acids is 1. The van der Waals surface area contributed by atoms with Crippen molar-refractivity contribution >= 4 is 16.9 Å². The Kier molecular flexibility index (Phi) is 7.40. The van der Waals surface area contributed by atoms with Crippen LogP contribution in [0.5, 0.6) is 5.75 Å². The van der Waals surface area contributed by atoms with E-state index in [1.165, 1.54) is 0 Å². The molecule has 0 aliphatic rings. The van der Waals surface area contributed by atoms with Crippen molar-refractivity contribution in [1.29, 1.82) is 0 Å². The van der Waals surface area contributed by atoms with Gasteiger partial charge in [0.2, 0.25) is 0 Å². The third kappa shape index (κ3) is 5.80. The van der Waals surface area contributed by atoms with Crippen LogP contribution in [0.2, 0.25) is 0 Å². The molecular formula is C27H26O6. The molecule has 0 aliphatic carbocycles. The molecule has 0 fully saturated rings. The van der Waals surface area contributed by atoms with Gasteiger partial charge in [-0.2, -0.15) is 0 Å². The number of para-hydroxylation sites is 1. The highest BCUT2D eigenvalue weighted by Crippen LogP contribution is 2.31. The maximum atomic E-state index is 10.8. The molecule has 0 bridgehead atoms. The van der Waals surface area contributed by atoms with E-state index in [9.17, 15) is 4.79 Å². The zero-order valence-electron chi connectivity index (χ0n) is 18.3. The molecule has 6 nitrogen and oxygen atoms in total. The summed E-state index contributed by atoms with van der Waals surface area (Å²) in [5, 5.41) is 9.67. The molecule has 1 N–H and O–H groups in total. The second-order valence-corrected chi connectivity index (χ2v) is 7.74. The standard InChI is InChI=1S/C27H26O6/c1-19(33-26(20-9-4-2-5-10-20)21-11-6-3-7-12-21)15-30-16-22-17-32-27-23(22)13-8-14-24(27)31-18-25(28)29/h2-14,17,19,26H,15-16,18H2,1H3,(H,28,29)/t19-/m0/s1. The molecule has 0 unspecified atom stereocenters. The number of carboxylic acid groups (broad SMARTS) is 1. The van der Waals surface area contributed by atoms with E-state index in [0.717, 1.165) is 22.1 Å². The van der Waals surface area contributed by atoms with Crippen molar-refractivity contribution in [3.8, 4) is 5.75 Å². The molecule has 0 aliphatic heterocycles. The Balaban J connectivity index is 1.38. The number of fused-ring (bicyclic) bond motifs is 1. The Morgan fingerprint density at radius 1 is 0.939 bits per heavy atom. The normalized spacial score (nSPS) is 12.2. The van der Waals surface area contributed by atoms with Crippen LogP contribution in [-0.2, 0) is 20.9 Å². The number of hydrogen-bond acceptors (Lipinski definition) is 5. The summed E-state index contributed by atoms with van der Waals surface area (Å²) >= 11 is 0. The van der Waals surface area contributed by atoms with Gasteiger partial charge in [-0.1, -0.05) is 72.8 Å². The summed E-state index contributed by atoms with van der Waals surface area (Å²) in [4.78, 5) is 10.8. The van der Waals surface area contributed by atoms with Crippen LogP contribution in [0.15, 0.2) is 89.5 Å². The predicted molar refractivity (Wildman–Crippen MR) is 124 cm³/mol. The highest BCUT2D eigenvalue weighted by Gasteiger charge is 2.18. The number of carbonyl (C=O) groups is 1. The maximum absolute atomic E-state index is 10.8. The molecule has 4 aromatic rings. The number of rotatable bonds is 11. The second-order valence-electron chi connectivity index (χ2n) is 7.74. The minimum Gasteiger partial charge on any atom is -0.479 e. The third-order valence-corrected chi connectivity index (χ3v) is 5.18. The monoisotopic (exact) mass is 446 g/mol. The molecule has 4 rings (SSSR count). The SMILES string of the molecule is C[C@@H](COCc1coc2c(OCC(=O)O)cccc12)OC(c1ccccc1)c1ccccc1. The van der Waals surface area contributed by atoms with E-state index in [0.29, 0.717) is 24.5 Å². The van der Waals surface area contributed by atoms with E-state index >= 15 is 0 Å². The summed E-state index contributed by atoms with van der Waals surface area (Å²) < 4.78 is 23.2. The Hall–Kier alpha value is -3.61. The molecule has 170 valence electrons. The third-order valence-electron chi connectivity index (χ3n) is 5.18. The highest BCUT2D eigenvalue weighted by molar-refractivity contribution is 5.86. The van der Waals surface area contributed by atoms with Gasteiger partial charge in [0.15, 0.2) is 17.9 Å². The summed E-state index contributed by atoms with van der Waals surface area (Å²) in [5.74, 6) is -0.646. The van der Waals surface area contributed by atoms with Gasteiger partial charge in [0, 0.05) is 10.9 Å². The Morgan fingerprint density at radius 2 is 1.61 bits per heavy atom. The summed E-state index contributed by atoms with van der Waals surface area (Å²) in [6, 6.07) is 25.6. The van der Waals surface area contributed by atoms with Crippen molar-refractivity contribution in [3.05, 3.63) is 102 Å². The van der Waals surface area contributed by atoms with Gasteiger partial charge in [0.05, 0.1) is 25.6 Å². The fourth-order valence-electron chi connectivity index (χ4n) is 3.66. The number of ether oxygens (including phenoxy) is 3. The first-order valence-electron chi connectivity index (χ1n) is 10.8. The van der Waals surface area contributed by atoms with E-state index in [1.54, 1.807) is 18.4 Å². The maximum Gasteiger partial charge on any atom is 0.341 e. The van der Waals surface area contributed by atoms with Crippen molar-refractivity contribution in [2.45, 2.75) is 25.7 Å². The largest absolute Gasteiger partial charge is 0.479 e. The number of carboxylic acids is 1. The van der Waals surface area contributed by atoms with Gasteiger partial charge in [-0.15, -0.1) is 0 Å². The zero-order valence-corrected chi connectivity index (χ0v) is 18.3. The van der Waals surface area contributed by atoms with Crippen LogP contribution in [0, 0.1) is 0 Å². The van der Waals surface area contributed by atoms with Crippen molar-refractivity contribution in [3.63, 3.8) is 0 Å². The fraction of sp³-hybridized carbons (Fsp3) is 0.222. The fourth-order valence-corrected chi connectivity index (χ4v) is 3.66. The molecule has 0 saturated heterocycles. The first-order valence-corrected chi connectivity index (χ1v) is 10.8. The van der Waals surface area contributed by atoms with E-state index < -0.39 is 12.6 Å². The minimum absolute atomic E-state index is 0.150. The molecule has 6 heteroatoms. The first kappa shape index (κ1) is 22.6. The van der Waals surface area contributed by atoms with Crippen LogP contribution in [0.3, 0.4) is 0 Å². The molecule has 3 aromatic carbocycles. The lowest BCUT2D eigenvalue weighted by Gasteiger charge is -2.23. The highest BCUT2D eigenvalue weighted by atomic mass is 16.5. The molecule has 1 aromatic heterocycles. The average molecular weight is 446 g/mol. The van der Waals surface area contributed by atoms with Crippen LogP contribution in [-0.4, -0.2) is 30.4 Å². The molecule has 0 radical (unpaired) electrons. The topological polar surface area (TPSA) is 78.1 Å². The Labute approximate surface area is 192 Å². The first-order chi connectivity index (χ1) is 16.1.